The van der Waals surface area contributed by atoms with Crippen LogP contribution in [0.1, 0.15) is 36.8 Å². The summed E-state index contributed by atoms with van der Waals surface area (Å²) in [6.07, 6.45) is 5.70. The molecule has 0 bridgehead atoms. The van der Waals surface area contributed by atoms with Crippen LogP contribution < -0.4 is 10.2 Å². The fourth-order valence-corrected chi connectivity index (χ4v) is 4.92. The lowest BCUT2D eigenvalue weighted by molar-refractivity contribution is -0.124. The molecule has 0 atom stereocenters. The molecule has 0 unspecified atom stereocenters. The Morgan fingerprint density at radius 3 is 2.78 bits per heavy atom. The third kappa shape index (κ3) is 4.25. The zero-order valence-corrected chi connectivity index (χ0v) is 18.9. The van der Waals surface area contributed by atoms with Crippen LogP contribution >= 0.6 is 0 Å². The highest BCUT2D eigenvalue weighted by atomic mass is 16.5. The number of pyridine rings is 1. The molecule has 5 rings (SSSR count). The predicted molar refractivity (Wildman–Crippen MR) is 124 cm³/mol. The predicted octanol–water partition coefficient (Wildman–Crippen LogP) is 3.71. The Hall–Kier alpha value is -2.48. The molecule has 1 saturated heterocycles. The molecule has 1 saturated carbocycles. The number of rotatable bonds is 5. The van der Waals surface area contributed by atoms with Gasteiger partial charge in [-0.15, -0.1) is 0 Å². The lowest BCUT2D eigenvalue weighted by atomic mass is 9.86. The van der Waals surface area contributed by atoms with Gasteiger partial charge in [0.05, 0.1) is 43.3 Å². The Kier molecular flexibility index (Phi) is 6.13. The largest absolute Gasteiger partial charge is 0.381 e. The minimum atomic E-state index is 0.0333. The van der Waals surface area contributed by atoms with Gasteiger partial charge in [0.25, 0.3) is 0 Å². The summed E-state index contributed by atoms with van der Waals surface area (Å²) in [4.78, 5) is 22.6. The lowest BCUT2D eigenvalue weighted by Crippen LogP contribution is -2.46. The highest BCUT2D eigenvalue weighted by molar-refractivity contribution is 5.99. The fourth-order valence-electron chi connectivity index (χ4n) is 4.92. The van der Waals surface area contributed by atoms with E-state index in [1.54, 1.807) is 13.3 Å². The van der Waals surface area contributed by atoms with E-state index in [9.17, 15) is 4.79 Å². The Bertz CT molecular complexity index is 969. The van der Waals surface area contributed by atoms with Crippen LogP contribution in [-0.2, 0) is 27.4 Å². The third-order valence-corrected chi connectivity index (χ3v) is 7.12. The summed E-state index contributed by atoms with van der Waals surface area (Å²) < 4.78 is 10.9. The number of benzene rings is 1. The average molecular weight is 437 g/mol. The van der Waals surface area contributed by atoms with Gasteiger partial charge in [0.2, 0.25) is 5.91 Å². The van der Waals surface area contributed by atoms with E-state index in [4.69, 9.17) is 9.47 Å². The van der Waals surface area contributed by atoms with Crippen molar-refractivity contribution < 1.29 is 14.3 Å². The number of nitrogens with zero attached hydrogens (tertiary/aromatic N) is 3. The molecule has 2 fully saturated rings. The number of carbonyl (C=O) groups is 1. The van der Waals surface area contributed by atoms with Crippen LogP contribution in [-0.4, -0.2) is 55.3 Å². The summed E-state index contributed by atoms with van der Waals surface area (Å²) in [6.45, 7) is 2.94. The minimum Gasteiger partial charge on any atom is -0.381 e. The number of anilines is 3. The van der Waals surface area contributed by atoms with E-state index in [1.165, 1.54) is 5.56 Å². The monoisotopic (exact) mass is 436 g/mol. The van der Waals surface area contributed by atoms with Gasteiger partial charge in [-0.1, -0.05) is 12.1 Å². The zero-order chi connectivity index (χ0) is 22.1. The van der Waals surface area contributed by atoms with Gasteiger partial charge >= 0.3 is 0 Å². The van der Waals surface area contributed by atoms with Gasteiger partial charge in [-0.25, -0.2) is 4.98 Å². The van der Waals surface area contributed by atoms with Crippen LogP contribution in [0.2, 0.25) is 0 Å². The van der Waals surface area contributed by atoms with Crippen molar-refractivity contribution in [2.45, 2.75) is 50.9 Å². The topological polar surface area (TPSA) is 66.9 Å². The Balaban J connectivity index is 1.44. The number of carbonyl (C=O) groups excluding carboxylic acids is 1. The number of hydrogen-bond donors (Lipinski definition) is 1. The molecule has 2 aliphatic heterocycles. The molecule has 1 aromatic heterocycles. The molecule has 32 heavy (non-hydrogen) atoms. The molecule has 7 heteroatoms. The van der Waals surface area contributed by atoms with Crippen LogP contribution in [0.5, 0.6) is 0 Å². The van der Waals surface area contributed by atoms with Crippen LogP contribution in [0.15, 0.2) is 36.5 Å². The fraction of sp³-hybridized carbons (Fsp3) is 0.520. The quantitative estimate of drug-likeness (QED) is 0.771. The standard InChI is InChI=1S/C25H32N4O3/c1-28(20-15-32-16-20)13-17-5-10-22-23(12-17)29(14-19-4-3-11-26-24(19)27-22)25(30)18-6-8-21(31-2)9-7-18/h3-5,10-12,18,20-21H,6-9,13-16H2,1-2H3,(H,26,27)/t18-,21+. The minimum absolute atomic E-state index is 0.0333. The number of fused-ring (bicyclic) bond motifs is 2. The molecule has 1 aromatic carbocycles. The maximum absolute atomic E-state index is 13.8. The van der Waals surface area contributed by atoms with Gasteiger partial charge < -0.3 is 19.7 Å². The van der Waals surface area contributed by atoms with Crippen molar-refractivity contribution in [1.82, 2.24) is 9.88 Å². The third-order valence-electron chi connectivity index (χ3n) is 7.12. The van der Waals surface area contributed by atoms with E-state index in [-0.39, 0.29) is 17.9 Å². The second kappa shape index (κ2) is 9.17. The molecule has 0 radical (unpaired) electrons. The Labute approximate surface area is 189 Å². The second-order valence-corrected chi connectivity index (χ2v) is 9.23. The molecule has 170 valence electrons. The van der Waals surface area contributed by atoms with Crippen molar-refractivity contribution in [3.05, 3.63) is 47.7 Å². The smallest absolute Gasteiger partial charge is 0.230 e. The highest BCUT2D eigenvalue weighted by Crippen LogP contribution is 2.38. The first-order chi connectivity index (χ1) is 15.6. The normalized spacial score (nSPS) is 23.0. The first-order valence-electron chi connectivity index (χ1n) is 11.6. The molecule has 1 N–H and O–H groups in total. The van der Waals surface area contributed by atoms with Crippen LogP contribution in [0.25, 0.3) is 0 Å². The first-order valence-corrected chi connectivity index (χ1v) is 11.6. The van der Waals surface area contributed by atoms with Crippen molar-refractivity contribution >= 4 is 23.1 Å². The van der Waals surface area contributed by atoms with Crippen LogP contribution in [0.4, 0.5) is 17.2 Å². The van der Waals surface area contributed by atoms with E-state index in [1.807, 2.05) is 11.0 Å². The van der Waals surface area contributed by atoms with E-state index in [0.29, 0.717) is 12.6 Å². The van der Waals surface area contributed by atoms with Crippen LogP contribution in [0, 0.1) is 5.92 Å². The molecule has 7 nitrogen and oxygen atoms in total. The number of aromatic nitrogens is 1. The number of likely N-dealkylation sites (N-methyl/N-ethyl adjacent to an activating group) is 1. The Morgan fingerprint density at radius 1 is 1.25 bits per heavy atom. The van der Waals surface area contributed by atoms with E-state index in [2.05, 4.69) is 46.5 Å². The molecule has 0 spiro atoms. The van der Waals surface area contributed by atoms with Crippen LogP contribution in [0.3, 0.4) is 0 Å². The first kappa shape index (κ1) is 21.4. The summed E-state index contributed by atoms with van der Waals surface area (Å²) in [5.74, 6) is 1.06. The lowest BCUT2D eigenvalue weighted by Gasteiger charge is -2.35. The molecular formula is C25H32N4O3. The van der Waals surface area contributed by atoms with Crippen molar-refractivity contribution in [2.24, 2.45) is 5.92 Å². The number of nitrogens with one attached hydrogen (secondary N) is 1. The molecule has 3 heterocycles. The molecule has 3 aliphatic rings. The van der Waals surface area contributed by atoms with E-state index >= 15 is 0 Å². The molecular weight excluding hydrogens is 404 g/mol. The number of hydrogen-bond acceptors (Lipinski definition) is 6. The average Bonchev–Trinajstić information content (AvgIpc) is 2.94. The second-order valence-electron chi connectivity index (χ2n) is 9.23. The number of ether oxygens (including phenoxy) is 2. The van der Waals surface area contributed by atoms with E-state index in [0.717, 1.165) is 68.2 Å². The number of methoxy groups -OCH3 is 1. The molecule has 1 aliphatic carbocycles. The summed E-state index contributed by atoms with van der Waals surface area (Å²) >= 11 is 0. The van der Waals surface area contributed by atoms with Gasteiger partial charge in [0.15, 0.2) is 0 Å². The maximum Gasteiger partial charge on any atom is 0.230 e. The van der Waals surface area contributed by atoms with Gasteiger partial charge in [0.1, 0.15) is 5.82 Å². The summed E-state index contributed by atoms with van der Waals surface area (Å²) in [5, 5.41) is 3.47. The SMILES string of the molecule is CO[C@H]1CC[C@@H](C(=O)N2Cc3cccnc3Nc3ccc(CN(C)C4COC4)cc32)CC1. The maximum atomic E-state index is 13.8. The summed E-state index contributed by atoms with van der Waals surface area (Å²) in [7, 11) is 3.90. The summed E-state index contributed by atoms with van der Waals surface area (Å²) in [6, 6.07) is 10.8. The van der Waals surface area contributed by atoms with E-state index < -0.39 is 0 Å². The Morgan fingerprint density at radius 2 is 2.06 bits per heavy atom. The zero-order valence-electron chi connectivity index (χ0n) is 18.9. The summed E-state index contributed by atoms with van der Waals surface area (Å²) in [5.41, 5.74) is 4.10. The van der Waals surface area contributed by atoms with Crippen molar-refractivity contribution in [3.8, 4) is 0 Å². The molecule has 2 aromatic rings. The van der Waals surface area contributed by atoms with Crippen molar-refractivity contribution in [3.63, 3.8) is 0 Å². The van der Waals surface area contributed by atoms with Gasteiger partial charge in [-0.3, -0.25) is 9.69 Å². The number of amides is 1. The highest BCUT2D eigenvalue weighted by Gasteiger charge is 2.33. The van der Waals surface area contributed by atoms with Gasteiger partial charge in [-0.2, -0.15) is 0 Å². The molecule has 1 amide bonds. The van der Waals surface area contributed by atoms with Crippen molar-refractivity contribution in [1.29, 1.82) is 0 Å². The van der Waals surface area contributed by atoms with Gasteiger partial charge in [-0.05, 0) is 56.5 Å². The van der Waals surface area contributed by atoms with Crippen molar-refractivity contribution in [2.75, 3.05) is 37.6 Å². The van der Waals surface area contributed by atoms with Gasteiger partial charge in [0, 0.05) is 31.3 Å².